The average Bonchev–Trinajstić information content (AvgIpc) is 2.55. The molecule has 0 bridgehead atoms. The lowest BCUT2D eigenvalue weighted by Crippen LogP contribution is -2.38. The van der Waals surface area contributed by atoms with Crippen LogP contribution in [0.25, 0.3) is 0 Å². The zero-order valence-electron chi connectivity index (χ0n) is 13.5. The lowest BCUT2D eigenvalue weighted by atomic mass is 9.99. The van der Waals surface area contributed by atoms with Crippen molar-refractivity contribution < 1.29 is 19.5 Å². The summed E-state index contributed by atoms with van der Waals surface area (Å²) >= 11 is 6.16. The molecule has 1 atom stereocenters. The van der Waals surface area contributed by atoms with Gasteiger partial charge in [0.1, 0.15) is 0 Å². The van der Waals surface area contributed by atoms with Gasteiger partial charge in [0.25, 0.3) is 5.91 Å². The van der Waals surface area contributed by atoms with Crippen LogP contribution in [0.3, 0.4) is 0 Å². The van der Waals surface area contributed by atoms with E-state index in [0.29, 0.717) is 11.3 Å². The van der Waals surface area contributed by atoms with Crippen LogP contribution in [0.2, 0.25) is 5.02 Å². The first kappa shape index (κ1) is 18.5. The van der Waals surface area contributed by atoms with E-state index in [2.05, 4.69) is 10.6 Å². The van der Waals surface area contributed by atoms with E-state index in [4.69, 9.17) is 16.7 Å². The standard InChI is InChI=1S/C18H17ClN2O4/c1-11(20-18(24)25)15(22)10-12-6-5-9-14(19)16(12)17(23)21-13-7-3-2-4-8-13/h2-9,11,20H,10H2,1H3,(H,21,23)(H,24,25). The fourth-order valence-corrected chi connectivity index (χ4v) is 2.57. The van der Waals surface area contributed by atoms with Crippen molar-refractivity contribution in [3.8, 4) is 0 Å². The van der Waals surface area contributed by atoms with Crippen molar-refractivity contribution in [1.29, 1.82) is 0 Å². The number of para-hydroxylation sites is 1. The third kappa shape index (κ3) is 5.06. The van der Waals surface area contributed by atoms with Crippen molar-refractivity contribution in [1.82, 2.24) is 5.32 Å². The van der Waals surface area contributed by atoms with Gasteiger partial charge in [-0.2, -0.15) is 0 Å². The van der Waals surface area contributed by atoms with Crippen molar-refractivity contribution >= 4 is 35.1 Å². The molecular formula is C18H17ClN2O4. The van der Waals surface area contributed by atoms with Crippen molar-refractivity contribution in [2.24, 2.45) is 0 Å². The molecule has 25 heavy (non-hydrogen) atoms. The summed E-state index contributed by atoms with van der Waals surface area (Å²) in [4.78, 5) is 35.4. The number of rotatable bonds is 6. The molecule has 0 saturated carbocycles. The van der Waals surface area contributed by atoms with Gasteiger partial charge in [-0.25, -0.2) is 4.79 Å². The van der Waals surface area contributed by atoms with Crippen LogP contribution >= 0.6 is 11.6 Å². The average molecular weight is 361 g/mol. The third-order valence-corrected chi connectivity index (χ3v) is 3.86. The van der Waals surface area contributed by atoms with Crippen LogP contribution in [0.1, 0.15) is 22.8 Å². The number of ketones is 1. The van der Waals surface area contributed by atoms with Crippen LogP contribution in [0, 0.1) is 0 Å². The quantitative estimate of drug-likeness (QED) is 0.736. The van der Waals surface area contributed by atoms with E-state index in [-0.39, 0.29) is 22.8 Å². The van der Waals surface area contributed by atoms with E-state index in [1.54, 1.807) is 42.5 Å². The molecule has 0 spiro atoms. The Hall–Kier alpha value is -2.86. The summed E-state index contributed by atoms with van der Waals surface area (Å²) in [6.45, 7) is 1.45. The molecule has 0 radical (unpaired) electrons. The Bertz CT molecular complexity index is 793. The van der Waals surface area contributed by atoms with Crippen molar-refractivity contribution in [2.75, 3.05) is 5.32 Å². The molecule has 2 aromatic carbocycles. The van der Waals surface area contributed by atoms with Gasteiger partial charge in [-0.05, 0) is 30.7 Å². The molecule has 2 amide bonds. The number of carbonyl (C=O) groups is 3. The number of carbonyl (C=O) groups excluding carboxylic acids is 2. The summed E-state index contributed by atoms with van der Waals surface area (Å²) in [5, 5.41) is 13.8. The minimum absolute atomic E-state index is 0.112. The molecule has 130 valence electrons. The molecule has 6 nitrogen and oxygen atoms in total. The molecular weight excluding hydrogens is 344 g/mol. The molecule has 0 aliphatic rings. The van der Waals surface area contributed by atoms with Gasteiger partial charge in [-0.15, -0.1) is 0 Å². The topological polar surface area (TPSA) is 95.5 Å². The highest BCUT2D eigenvalue weighted by atomic mass is 35.5. The highest BCUT2D eigenvalue weighted by molar-refractivity contribution is 6.34. The molecule has 0 fully saturated rings. The maximum absolute atomic E-state index is 12.6. The summed E-state index contributed by atoms with van der Waals surface area (Å²) in [5.74, 6) is -0.795. The molecule has 7 heteroatoms. The van der Waals surface area contributed by atoms with Gasteiger partial charge in [0.2, 0.25) is 0 Å². The van der Waals surface area contributed by atoms with E-state index in [9.17, 15) is 14.4 Å². The SMILES string of the molecule is CC(NC(=O)O)C(=O)Cc1cccc(Cl)c1C(=O)Nc1ccccc1. The highest BCUT2D eigenvalue weighted by Crippen LogP contribution is 2.22. The minimum atomic E-state index is -1.28. The number of Topliss-reactive ketones (excluding diaryl/α,β-unsaturated/α-hetero) is 1. The van der Waals surface area contributed by atoms with Crippen LogP contribution in [-0.4, -0.2) is 28.9 Å². The molecule has 2 aromatic rings. The minimum Gasteiger partial charge on any atom is -0.465 e. The molecule has 3 N–H and O–H groups in total. The number of hydrogen-bond donors (Lipinski definition) is 3. The van der Waals surface area contributed by atoms with Gasteiger partial charge in [0.05, 0.1) is 16.6 Å². The fraction of sp³-hybridized carbons (Fsp3) is 0.167. The van der Waals surface area contributed by atoms with Gasteiger partial charge in [-0.1, -0.05) is 41.9 Å². The number of amides is 2. The van der Waals surface area contributed by atoms with Crippen LogP contribution in [0.5, 0.6) is 0 Å². The monoisotopic (exact) mass is 360 g/mol. The predicted molar refractivity (Wildman–Crippen MR) is 95.2 cm³/mol. The molecule has 0 aliphatic heterocycles. The smallest absolute Gasteiger partial charge is 0.405 e. The summed E-state index contributed by atoms with van der Waals surface area (Å²) < 4.78 is 0. The lowest BCUT2D eigenvalue weighted by Gasteiger charge is -2.14. The zero-order chi connectivity index (χ0) is 18.4. The van der Waals surface area contributed by atoms with Gasteiger partial charge in [0, 0.05) is 12.1 Å². The van der Waals surface area contributed by atoms with E-state index >= 15 is 0 Å². The Morgan fingerprint density at radius 1 is 1.08 bits per heavy atom. The van der Waals surface area contributed by atoms with Crippen LogP contribution < -0.4 is 10.6 Å². The lowest BCUT2D eigenvalue weighted by molar-refractivity contribution is -0.119. The van der Waals surface area contributed by atoms with Crippen molar-refractivity contribution in [3.05, 3.63) is 64.7 Å². The van der Waals surface area contributed by atoms with E-state index in [0.717, 1.165) is 0 Å². The van der Waals surface area contributed by atoms with E-state index in [1.807, 2.05) is 6.07 Å². The Kier molecular flexibility index (Phi) is 6.14. The van der Waals surface area contributed by atoms with Gasteiger partial charge < -0.3 is 15.7 Å². The molecule has 0 heterocycles. The van der Waals surface area contributed by atoms with Gasteiger partial charge in [-0.3, -0.25) is 9.59 Å². The second-order valence-corrected chi connectivity index (χ2v) is 5.82. The largest absolute Gasteiger partial charge is 0.465 e. The zero-order valence-corrected chi connectivity index (χ0v) is 14.2. The number of nitrogens with one attached hydrogen (secondary N) is 2. The molecule has 0 aromatic heterocycles. The van der Waals surface area contributed by atoms with Crippen molar-refractivity contribution in [2.45, 2.75) is 19.4 Å². The number of carboxylic acid groups (broad SMARTS) is 1. The first-order chi connectivity index (χ1) is 11.9. The summed E-state index contributed by atoms with van der Waals surface area (Å²) in [5.41, 5.74) is 1.24. The number of benzene rings is 2. The molecule has 0 aliphatic carbocycles. The van der Waals surface area contributed by atoms with Crippen LogP contribution in [0.15, 0.2) is 48.5 Å². The first-order valence-corrected chi connectivity index (χ1v) is 7.92. The van der Waals surface area contributed by atoms with Crippen LogP contribution in [0.4, 0.5) is 10.5 Å². The van der Waals surface area contributed by atoms with Crippen LogP contribution in [-0.2, 0) is 11.2 Å². The van der Waals surface area contributed by atoms with E-state index < -0.39 is 18.0 Å². The fourth-order valence-electron chi connectivity index (χ4n) is 2.29. The first-order valence-electron chi connectivity index (χ1n) is 7.54. The highest BCUT2D eigenvalue weighted by Gasteiger charge is 2.21. The summed E-state index contributed by atoms with van der Waals surface area (Å²) in [7, 11) is 0. The number of anilines is 1. The second kappa shape index (κ2) is 8.30. The maximum Gasteiger partial charge on any atom is 0.405 e. The normalized spacial score (nSPS) is 11.4. The predicted octanol–water partition coefficient (Wildman–Crippen LogP) is 3.36. The Morgan fingerprint density at radius 2 is 1.76 bits per heavy atom. The summed E-state index contributed by atoms with van der Waals surface area (Å²) in [6.07, 6.45) is -1.39. The van der Waals surface area contributed by atoms with Gasteiger partial charge in [0.15, 0.2) is 5.78 Å². The third-order valence-electron chi connectivity index (χ3n) is 3.55. The number of hydrogen-bond acceptors (Lipinski definition) is 3. The molecule has 0 saturated heterocycles. The Labute approximate surface area is 149 Å². The molecule has 1 unspecified atom stereocenters. The second-order valence-electron chi connectivity index (χ2n) is 5.41. The number of halogens is 1. The van der Waals surface area contributed by atoms with Crippen molar-refractivity contribution in [3.63, 3.8) is 0 Å². The van der Waals surface area contributed by atoms with E-state index in [1.165, 1.54) is 6.92 Å². The Balaban J connectivity index is 2.22. The van der Waals surface area contributed by atoms with Gasteiger partial charge >= 0.3 is 6.09 Å². The Morgan fingerprint density at radius 3 is 2.40 bits per heavy atom. The maximum atomic E-state index is 12.6. The molecule has 2 rings (SSSR count). The summed E-state index contributed by atoms with van der Waals surface area (Å²) in [6, 6.07) is 12.8.